The fourth-order valence-electron chi connectivity index (χ4n) is 2.73. The zero-order chi connectivity index (χ0) is 18.7. The van der Waals surface area contributed by atoms with Crippen molar-refractivity contribution in [2.75, 3.05) is 36.8 Å². The standard InChI is InChI=1S/C17H19FN4O2S2/c1-11(23)13-3-4-15(14(18)9-13)21-5-7-22(8-6-21)16(24)10-25-17-20-19-12(2)26-17/h3-4,9H,5-8,10H2,1-2H3. The van der Waals surface area contributed by atoms with E-state index in [4.69, 9.17) is 0 Å². The highest BCUT2D eigenvalue weighted by molar-refractivity contribution is 8.01. The van der Waals surface area contributed by atoms with Crippen LogP contribution < -0.4 is 4.90 Å². The number of halogens is 1. The van der Waals surface area contributed by atoms with E-state index >= 15 is 0 Å². The van der Waals surface area contributed by atoms with Crippen molar-refractivity contribution in [3.63, 3.8) is 0 Å². The van der Waals surface area contributed by atoms with Gasteiger partial charge in [0.05, 0.1) is 11.4 Å². The second-order valence-electron chi connectivity index (χ2n) is 5.97. The van der Waals surface area contributed by atoms with Gasteiger partial charge in [-0.05, 0) is 32.0 Å². The van der Waals surface area contributed by atoms with Gasteiger partial charge in [-0.25, -0.2) is 4.39 Å². The second kappa shape index (κ2) is 8.13. The fourth-order valence-corrected chi connectivity index (χ4v) is 4.45. The molecule has 1 saturated heterocycles. The number of rotatable bonds is 5. The van der Waals surface area contributed by atoms with Crippen LogP contribution in [0.3, 0.4) is 0 Å². The van der Waals surface area contributed by atoms with Crippen LogP contribution in [0, 0.1) is 12.7 Å². The number of carbonyl (C=O) groups excluding carboxylic acids is 2. The van der Waals surface area contributed by atoms with Gasteiger partial charge in [-0.15, -0.1) is 10.2 Å². The number of hydrogen-bond acceptors (Lipinski definition) is 7. The number of ketones is 1. The van der Waals surface area contributed by atoms with Gasteiger partial charge in [0, 0.05) is 31.7 Å². The van der Waals surface area contributed by atoms with E-state index in [0.717, 1.165) is 9.35 Å². The Morgan fingerprint density at radius 3 is 2.54 bits per heavy atom. The molecule has 1 aromatic heterocycles. The Bertz CT molecular complexity index is 819. The average Bonchev–Trinajstić information content (AvgIpc) is 3.05. The largest absolute Gasteiger partial charge is 0.366 e. The molecule has 3 rings (SSSR count). The molecule has 0 bridgehead atoms. The number of piperazine rings is 1. The molecule has 0 saturated carbocycles. The molecule has 0 atom stereocenters. The maximum atomic E-state index is 14.3. The Morgan fingerprint density at radius 1 is 1.23 bits per heavy atom. The summed E-state index contributed by atoms with van der Waals surface area (Å²) in [4.78, 5) is 27.4. The maximum Gasteiger partial charge on any atom is 0.233 e. The highest BCUT2D eigenvalue weighted by Gasteiger charge is 2.23. The van der Waals surface area contributed by atoms with E-state index < -0.39 is 5.82 Å². The average molecular weight is 394 g/mol. The minimum Gasteiger partial charge on any atom is -0.366 e. The van der Waals surface area contributed by atoms with Crippen LogP contribution in [0.25, 0.3) is 0 Å². The van der Waals surface area contributed by atoms with Crippen molar-refractivity contribution in [2.45, 2.75) is 18.2 Å². The normalized spacial score (nSPS) is 14.6. The number of hydrogen-bond donors (Lipinski definition) is 0. The molecule has 6 nitrogen and oxygen atoms in total. The summed E-state index contributed by atoms with van der Waals surface area (Å²) in [6.07, 6.45) is 0. The van der Waals surface area contributed by atoms with Crippen molar-refractivity contribution in [1.82, 2.24) is 15.1 Å². The SMILES string of the molecule is CC(=O)c1ccc(N2CCN(C(=O)CSc3nnc(C)s3)CC2)c(F)c1. The topological polar surface area (TPSA) is 66.4 Å². The molecule has 0 spiro atoms. The van der Waals surface area contributed by atoms with E-state index in [9.17, 15) is 14.0 Å². The molecule has 0 unspecified atom stereocenters. The predicted molar refractivity (Wildman–Crippen MR) is 101 cm³/mol. The van der Waals surface area contributed by atoms with E-state index in [1.54, 1.807) is 17.0 Å². The second-order valence-corrected chi connectivity index (χ2v) is 8.37. The van der Waals surface area contributed by atoms with Gasteiger partial charge in [-0.2, -0.15) is 0 Å². The van der Waals surface area contributed by atoms with E-state index in [1.807, 2.05) is 11.8 Å². The molecule has 2 aromatic rings. The lowest BCUT2D eigenvalue weighted by Gasteiger charge is -2.36. The summed E-state index contributed by atoms with van der Waals surface area (Å²) in [5.74, 6) is -0.181. The van der Waals surface area contributed by atoms with Gasteiger partial charge in [-0.1, -0.05) is 23.1 Å². The first-order chi connectivity index (χ1) is 12.4. The first kappa shape index (κ1) is 18.8. The third-order valence-corrected chi connectivity index (χ3v) is 6.11. The predicted octanol–water partition coefficient (Wildman–Crippen LogP) is 2.63. The maximum absolute atomic E-state index is 14.3. The lowest BCUT2D eigenvalue weighted by atomic mass is 10.1. The van der Waals surface area contributed by atoms with Gasteiger partial charge in [0.25, 0.3) is 0 Å². The van der Waals surface area contributed by atoms with Crippen molar-refractivity contribution < 1.29 is 14.0 Å². The van der Waals surface area contributed by atoms with Gasteiger partial charge in [-0.3, -0.25) is 9.59 Å². The molecule has 1 aliphatic heterocycles. The third kappa shape index (κ3) is 4.39. The summed E-state index contributed by atoms with van der Waals surface area (Å²) >= 11 is 2.87. The molecule has 0 aliphatic carbocycles. The van der Waals surface area contributed by atoms with Crippen LogP contribution in [0.2, 0.25) is 0 Å². The van der Waals surface area contributed by atoms with Crippen molar-refractivity contribution in [3.05, 3.63) is 34.6 Å². The summed E-state index contributed by atoms with van der Waals surface area (Å²) in [7, 11) is 0. The van der Waals surface area contributed by atoms with Crippen LogP contribution in [-0.4, -0.2) is 58.7 Å². The third-order valence-electron chi connectivity index (χ3n) is 4.15. The van der Waals surface area contributed by atoms with Crippen molar-refractivity contribution in [1.29, 1.82) is 0 Å². The number of anilines is 1. The molecular formula is C17H19FN4O2S2. The lowest BCUT2D eigenvalue weighted by molar-refractivity contribution is -0.128. The smallest absolute Gasteiger partial charge is 0.233 e. The Labute approximate surface area is 159 Å². The van der Waals surface area contributed by atoms with Crippen LogP contribution in [0.5, 0.6) is 0 Å². The highest BCUT2D eigenvalue weighted by Crippen LogP contribution is 2.24. The monoisotopic (exact) mass is 394 g/mol. The number of amides is 1. The van der Waals surface area contributed by atoms with Gasteiger partial charge >= 0.3 is 0 Å². The summed E-state index contributed by atoms with van der Waals surface area (Å²) < 4.78 is 15.1. The molecule has 1 amide bonds. The molecule has 138 valence electrons. The van der Waals surface area contributed by atoms with Crippen LogP contribution >= 0.6 is 23.1 Å². The molecule has 1 aromatic carbocycles. The van der Waals surface area contributed by atoms with Crippen molar-refractivity contribution in [2.24, 2.45) is 0 Å². The van der Waals surface area contributed by atoms with Gasteiger partial charge < -0.3 is 9.80 Å². The Balaban J connectivity index is 1.53. The summed E-state index contributed by atoms with van der Waals surface area (Å²) in [6.45, 7) is 5.50. The van der Waals surface area contributed by atoms with Gasteiger partial charge in [0.2, 0.25) is 5.91 Å². The number of benzene rings is 1. The van der Waals surface area contributed by atoms with Crippen LogP contribution in [0.4, 0.5) is 10.1 Å². The molecule has 1 aliphatic rings. The fraction of sp³-hybridized carbons (Fsp3) is 0.412. The Kier molecular flexibility index (Phi) is 5.87. The molecule has 26 heavy (non-hydrogen) atoms. The number of aryl methyl sites for hydroxylation is 1. The summed E-state index contributed by atoms with van der Waals surface area (Å²) in [6, 6.07) is 4.55. The van der Waals surface area contributed by atoms with E-state index in [2.05, 4.69) is 10.2 Å². The number of aromatic nitrogens is 2. The number of nitrogens with zero attached hydrogens (tertiary/aromatic N) is 4. The van der Waals surface area contributed by atoms with E-state index in [1.165, 1.54) is 36.1 Å². The molecule has 9 heteroatoms. The summed E-state index contributed by atoms with van der Waals surface area (Å²) in [5, 5.41) is 8.82. The van der Waals surface area contributed by atoms with Crippen LogP contribution in [-0.2, 0) is 4.79 Å². The van der Waals surface area contributed by atoms with Crippen molar-refractivity contribution >= 4 is 40.5 Å². The first-order valence-electron chi connectivity index (χ1n) is 8.20. The van der Waals surface area contributed by atoms with E-state index in [-0.39, 0.29) is 11.7 Å². The van der Waals surface area contributed by atoms with Gasteiger partial charge in [0.1, 0.15) is 10.8 Å². The zero-order valence-corrected chi connectivity index (χ0v) is 16.2. The zero-order valence-electron chi connectivity index (χ0n) is 14.6. The first-order valence-corrected chi connectivity index (χ1v) is 10.0. The minimum absolute atomic E-state index is 0.0508. The van der Waals surface area contributed by atoms with Crippen molar-refractivity contribution in [3.8, 4) is 0 Å². The molecule has 2 heterocycles. The Morgan fingerprint density at radius 2 is 1.96 bits per heavy atom. The minimum atomic E-state index is -0.403. The Hall–Kier alpha value is -2.00. The molecular weight excluding hydrogens is 375 g/mol. The quantitative estimate of drug-likeness (QED) is 0.574. The molecule has 0 N–H and O–H groups in total. The van der Waals surface area contributed by atoms with E-state index in [0.29, 0.717) is 43.2 Å². The van der Waals surface area contributed by atoms with Crippen LogP contribution in [0.15, 0.2) is 22.5 Å². The number of carbonyl (C=O) groups is 2. The van der Waals surface area contributed by atoms with Gasteiger partial charge in [0.15, 0.2) is 10.1 Å². The molecule has 0 radical (unpaired) electrons. The number of Topliss-reactive ketones (excluding diaryl/α,β-unsaturated/α-hetero) is 1. The number of thioether (sulfide) groups is 1. The summed E-state index contributed by atoms with van der Waals surface area (Å²) in [5.41, 5.74) is 0.838. The molecule has 1 fully saturated rings. The van der Waals surface area contributed by atoms with Crippen LogP contribution in [0.1, 0.15) is 22.3 Å². The highest BCUT2D eigenvalue weighted by atomic mass is 32.2. The lowest BCUT2D eigenvalue weighted by Crippen LogP contribution is -2.49.